The third kappa shape index (κ3) is 7.68. The van der Waals surface area contributed by atoms with Crippen molar-refractivity contribution in [3.05, 3.63) is 63.6 Å². The van der Waals surface area contributed by atoms with Crippen molar-refractivity contribution in [3.63, 3.8) is 0 Å². The van der Waals surface area contributed by atoms with Crippen LogP contribution in [-0.4, -0.2) is 56.3 Å². The number of sulfonamides is 1. The van der Waals surface area contributed by atoms with Gasteiger partial charge in [0.1, 0.15) is 12.6 Å². The molecule has 0 radical (unpaired) electrons. The molecule has 2 amide bonds. The van der Waals surface area contributed by atoms with Gasteiger partial charge in [0, 0.05) is 28.7 Å². The van der Waals surface area contributed by atoms with Crippen molar-refractivity contribution in [2.75, 3.05) is 23.7 Å². The Morgan fingerprint density at radius 3 is 2.29 bits per heavy atom. The predicted octanol–water partition coefficient (Wildman–Crippen LogP) is 3.91. The van der Waals surface area contributed by atoms with Gasteiger partial charge in [0.25, 0.3) is 0 Å². The van der Waals surface area contributed by atoms with Crippen LogP contribution in [0.1, 0.15) is 43.1 Å². The van der Waals surface area contributed by atoms with Crippen LogP contribution >= 0.6 is 23.2 Å². The van der Waals surface area contributed by atoms with Crippen LogP contribution in [-0.2, 0) is 26.2 Å². The molecule has 0 fully saturated rings. The van der Waals surface area contributed by atoms with Gasteiger partial charge in [0.05, 0.1) is 11.9 Å². The summed E-state index contributed by atoms with van der Waals surface area (Å²) in [6, 6.07) is 9.97. The second-order valence-electron chi connectivity index (χ2n) is 7.95. The van der Waals surface area contributed by atoms with Crippen LogP contribution in [0.15, 0.2) is 42.5 Å². The number of amides is 2. The summed E-state index contributed by atoms with van der Waals surface area (Å²) in [5.74, 6) is -1.21. The number of hydrogen-bond acceptors (Lipinski definition) is 5. The fourth-order valence-electron chi connectivity index (χ4n) is 3.54. The average Bonchev–Trinajstić information content (AvgIpc) is 2.78. The van der Waals surface area contributed by atoms with Gasteiger partial charge in [-0.15, -0.1) is 0 Å². The lowest BCUT2D eigenvalue weighted by molar-refractivity contribution is -0.140. The van der Waals surface area contributed by atoms with E-state index in [2.05, 4.69) is 5.32 Å². The first-order valence-electron chi connectivity index (χ1n) is 11.0. The molecule has 1 N–H and O–H groups in total. The minimum Gasteiger partial charge on any atom is -0.355 e. The molecule has 2 aromatic rings. The van der Waals surface area contributed by atoms with Crippen molar-refractivity contribution < 1.29 is 22.8 Å². The van der Waals surface area contributed by atoms with Gasteiger partial charge in [-0.2, -0.15) is 0 Å². The molecule has 2 rings (SSSR count). The zero-order chi connectivity index (χ0) is 26.3. The van der Waals surface area contributed by atoms with E-state index in [1.165, 1.54) is 30.0 Å². The number of halogens is 2. The Balaban J connectivity index is 2.50. The summed E-state index contributed by atoms with van der Waals surface area (Å²) in [7, 11) is -3.91. The SMILES string of the molecule is CCNC(=O)C(CC)N(Cc1ccc(Cl)cc1Cl)C(=O)CN(c1cccc(C(C)=O)c1)S(C)(=O)=O. The quantitative estimate of drug-likeness (QED) is 0.434. The van der Waals surface area contributed by atoms with Crippen molar-refractivity contribution in [3.8, 4) is 0 Å². The van der Waals surface area contributed by atoms with Crippen LogP contribution in [0, 0.1) is 0 Å². The lowest BCUT2D eigenvalue weighted by Crippen LogP contribution is -2.52. The largest absolute Gasteiger partial charge is 0.355 e. The number of ketones is 1. The second-order valence-corrected chi connectivity index (χ2v) is 10.7. The van der Waals surface area contributed by atoms with E-state index >= 15 is 0 Å². The van der Waals surface area contributed by atoms with E-state index in [0.29, 0.717) is 34.1 Å². The van der Waals surface area contributed by atoms with Gasteiger partial charge in [-0.3, -0.25) is 18.7 Å². The Morgan fingerprint density at radius 1 is 1.06 bits per heavy atom. The number of carbonyl (C=O) groups excluding carboxylic acids is 3. The molecule has 0 saturated heterocycles. The third-order valence-corrected chi connectivity index (χ3v) is 7.04. The van der Waals surface area contributed by atoms with E-state index in [4.69, 9.17) is 23.2 Å². The van der Waals surface area contributed by atoms with E-state index in [1.807, 2.05) is 0 Å². The summed E-state index contributed by atoms with van der Waals surface area (Å²) >= 11 is 12.3. The Hall–Kier alpha value is -2.62. The number of benzene rings is 2. The van der Waals surface area contributed by atoms with E-state index in [1.54, 1.807) is 38.1 Å². The highest BCUT2D eigenvalue weighted by atomic mass is 35.5. The Bertz CT molecular complexity index is 1200. The minimum absolute atomic E-state index is 0.0322. The van der Waals surface area contributed by atoms with Gasteiger partial charge in [-0.05, 0) is 50.1 Å². The molecule has 0 aliphatic rings. The van der Waals surface area contributed by atoms with Crippen LogP contribution in [0.25, 0.3) is 0 Å². The highest BCUT2D eigenvalue weighted by Gasteiger charge is 2.32. The summed E-state index contributed by atoms with van der Waals surface area (Å²) in [4.78, 5) is 39.5. The molecule has 11 heteroatoms. The third-order valence-electron chi connectivity index (χ3n) is 5.31. The first-order chi connectivity index (χ1) is 16.4. The van der Waals surface area contributed by atoms with Crippen LogP contribution in [0.4, 0.5) is 5.69 Å². The highest BCUT2D eigenvalue weighted by Crippen LogP contribution is 2.25. The Kier molecular flexibility index (Phi) is 10.1. The summed E-state index contributed by atoms with van der Waals surface area (Å²) in [5.41, 5.74) is 1.03. The minimum atomic E-state index is -3.91. The summed E-state index contributed by atoms with van der Waals surface area (Å²) in [6.07, 6.45) is 1.27. The normalized spacial score (nSPS) is 12.1. The van der Waals surface area contributed by atoms with Crippen LogP contribution in [0.3, 0.4) is 0 Å². The number of rotatable bonds is 11. The molecule has 1 atom stereocenters. The smallest absolute Gasteiger partial charge is 0.244 e. The van der Waals surface area contributed by atoms with Gasteiger partial charge >= 0.3 is 0 Å². The average molecular weight is 542 g/mol. The molecule has 35 heavy (non-hydrogen) atoms. The van der Waals surface area contributed by atoms with E-state index in [-0.39, 0.29) is 23.9 Å². The van der Waals surface area contributed by atoms with Crippen molar-refractivity contribution in [1.29, 1.82) is 0 Å². The number of likely N-dealkylation sites (N-methyl/N-ethyl adjacent to an activating group) is 1. The molecule has 8 nitrogen and oxygen atoms in total. The fourth-order valence-corrected chi connectivity index (χ4v) is 4.85. The first kappa shape index (κ1) is 28.6. The molecule has 0 bridgehead atoms. The fraction of sp³-hybridized carbons (Fsp3) is 0.375. The molecule has 2 aromatic carbocycles. The van der Waals surface area contributed by atoms with Gasteiger partial charge in [0.2, 0.25) is 21.8 Å². The number of Topliss-reactive ketones (excluding diaryl/α,β-unsaturated/α-hetero) is 1. The first-order valence-corrected chi connectivity index (χ1v) is 13.6. The number of carbonyl (C=O) groups is 3. The lowest BCUT2D eigenvalue weighted by atomic mass is 10.1. The summed E-state index contributed by atoms with van der Waals surface area (Å²) in [5, 5.41) is 3.45. The maximum absolute atomic E-state index is 13.6. The highest BCUT2D eigenvalue weighted by molar-refractivity contribution is 7.92. The monoisotopic (exact) mass is 541 g/mol. The number of nitrogens with one attached hydrogen (secondary N) is 1. The summed E-state index contributed by atoms with van der Waals surface area (Å²) in [6.45, 7) is 4.66. The predicted molar refractivity (Wildman–Crippen MR) is 138 cm³/mol. The van der Waals surface area contributed by atoms with Gasteiger partial charge in [0.15, 0.2) is 5.78 Å². The second kappa shape index (κ2) is 12.4. The van der Waals surface area contributed by atoms with Gasteiger partial charge < -0.3 is 10.2 Å². The topological polar surface area (TPSA) is 104 Å². The van der Waals surface area contributed by atoms with Gasteiger partial charge in [-0.25, -0.2) is 8.42 Å². The zero-order valence-electron chi connectivity index (χ0n) is 20.0. The van der Waals surface area contributed by atoms with Crippen LogP contribution in [0.5, 0.6) is 0 Å². The van der Waals surface area contributed by atoms with Gasteiger partial charge in [-0.1, -0.05) is 48.3 Å². The molecule has 0 aromatic heterocycles. The van der Waals surface area contributed by atoms with Crippen molar-refractivity contribution >= 4 is 56.5 Å². The van der Waals surface area contributed by atoms with E-state index in [9.17, 15) is 22.8 Å². The van der Waals surface area contributed by atoms with Crippen molar-refractivity contribution in [2.24, 2.45) is 0 Å². The molecule has 190 valence electrons. The Morgan fingerprint density at radius 2 is 1.74 bits per heavy atom. The molecule has 0 aliphatic heterocycles. The molecule has 0 saturated carbocycles. The number of nitrogens with zero attached hydrogens (tertiary/aromatic N) is 2. The number of hydrogen-bond donors (Lipinski definition) is 1. The number of anilines is 1. The molecule has 1 unspecified atom stereocenters. The maximum atomic E-state index is 13.6. The van der Waals surface area contributed by atoms with E-state index < -0.39 is 28.5 Å². The van der Waals surface area contributed by atoms with Crippen molar-refractivity contribution in [2.45, 2.75) is 39.8 Å². The van der Waals surface area contributed by atoms with E-state index in [0.717, 1.165) is 10.6 Å². The molecule has 0 heterocycles. The summed E-state index contributed by atoms with van der Waals surface area (Å²) < 4.78 is 26.2. The molecular weight excluding hydrogens is 513 g/mol. The maximum Gasteiger partial charge on any atom is 0.244 e. The van der Waals surface area contributed by atoms with Crippen molar-refractivity contribution in [1.82, 2.24) is 10.2 Å². The van der Waals surface area contributed by atoms with Crippen LogP contribution < -0.4 is 9.62 Å². The zero-order valence-corrected chi connectivity index (χ0v) is 22.4. The molecule has 0 aliphatic carbocycles. The van der Waals surface area contributed by atoms with Crippen LogP contribution in [0.2, 0.25) is 10.0 Å². The molecule has 0 spiro atoms. The Labute approximate surface area is 216 Å². The molecular formula is C24H29Cl2N3O5S. The lowest BCUT2D eigenvalue weighted by Gasteiger charge is -2.33. The standard InChI is InChI=1S/C24H29Cl2N3O5S/c1-5-22(24(32)27-6-2)28(14-18-10-11-19(25)13-21(18)26)23(31)15-29(35(4,33)34)20-9-7-8-17(12-20)16(3)30/h7-13,22H,5-6,14-15H2,1-4H3,(H,27,32).